The topological polar surface area (TPSA) is 37.8 Å². The lowest BCUT2D eigenvalue weighted by molar-refractivity contribution is 1.01. The molecule has 0 atom stereocenters. The molecule has 5 heteroatoms. The maximum Gasteiger partial charge on any atom is 0.173 e. The molecule has 2 aromatic heterocycles. The van der Waals surface area contributed by atoms with Gasteiger partial charge >= 0.3 is 0 Å². The molecule has 84 valence electrons. The summed E-state index contributed by atoms with van der Waals surface area (Å²) in [4.78, 5) is 10.1. The Labute approximate surface area is 107 Å². The number of anilines is 1. The van der Waals surface area contributed by atoms with Gasteiger partial charge in [0, 0.05) is 23.3 Å². The van der Waals surface area contributed by atoms with Gasteiger partial charge < -0.3 is 5.32 Å². The predicted molar refractivity (Wildman–Crippen MR) is 72.0 cm³/mol. The summed E-state index contributed by atoms with van der Waals surface area (Å²) >= 11 is 5.15. The molecular formula is C11H12BrN3S. The van der Waals surface area contributed by atoms with Crippen LogP contribution in [0.5, 0.6) is 0 Å². The maximum atomic E-state index is 4.53. The van der Waals surface area contributed by atoms with Crippen LogP contribution in [-0.4, -0.2) is 17.0 Å². The van der Waals surface area contributed by atoms with Crippen LogP contribution in [-0.2, 0) is 6.42 Å². The number of hydrogen-bond acceptors (Lipinski definition) is 4. The standard InChI is InChI=1S/C11H12BrN3S/c1-3-7-6-9(13-2)15-11(14-7)10-8(12)4-5-16-10/h4-6H,3H2,1-2H3,(H,13,14,15). The highest BCUT2D eigenvalue weighted by atomic mass is 79.9. The highest BCUT2D eigenvalue weighted by Gasteiger charge is 2.10. The molecule has 0 fully saturated rings. The molecule has 0 radical (unpaired) electrons. The normalized spacial score (nSPS) is 10.4. The van der Waals surface area contributed by atoms with Crippen molar-refractivity contribution in [3.63, 3.8) is 0 Å². The Hall–Kier alpha value is -0.940. The molecule has 0 aromatic carbocycles. The van der Waals surface area contributed by atoms with Crippen molar-refractivity contribution in [2.75, 3.05) is 12.4 Å². The van der Waals surface area contributed by atoms with Crippen molar-refractivity contribution >= 4 is 33.1 Å². The molecule has 0 bridgehead atoms. The lowest BCUT2D eigenvalue weighted by Crippen LogP contribution is -1.99. The van der Waals surface area contributed by atoms with E-state index < -0.39 is 0 Å². The van der Waals surface area contributed by atoms with Crippen molar-refractivity contribution in [2.45, 2.75) is 13.3 Å². The van der Waals surface area contributed by atoms with E-state index in [1.54, 1.807) is 11.3 Å². The van der Waals surface area contributed by atoms with Crippen LogP contribution in [0.2, 0.25) is 0 Å². The van der Waals surface area contributed by atoms with Crippen molar-refractivity contribution in [1.82, 2.24) is 9.97 Å². The van der Waals surface area contributed by atoms with E-state index in [1.165, 1.54) is 0 Å². The Morgan fingerprint density at radius 3 is 2.81 bits per heavy atom. The Bertz CT molecular complexity index is 473. The average molecular weight is 298 g/mol. The number of rotatable bonds is 3. The van der Waals surface area contributed by atoms with Gasteiger partial charge in [-0.25, -0.2) is 9.97 Å². The number of aromatic nitrogens is 2. The largest absolute Gasteiger partial charge is 0.373 e. The van der Waals surface area contributed by atoms with Gasteiger partial charge in [-0.05, 0) is 33.8 Å². The molecule has 0 unspecified atom stereocenters. The molecule has 1 N–H and O–H groups in total. The van der Waals surface area contributed by atoms with Gasteiger partial charge in [0.15, 0.2) is 5.82 Å². The van der Waals surface area contributed by atoms with Gasteiger partial charge in [-0.15, -0.1) is 11.3 Å². The minimum Gasteiger partial charge on any atom is -0.373 e. The zero-order valence-corrected chi connectivity index (χ0v) is 11.5. The summed E-state index contributed by atoms with van der Waals surface area (Å²) < 4.78 is 1.05. The molecule has 0 saturated heterocycles. The molecule has 3 nitrogen and oxygen atoms in total. The minimum atomic E-state index is 0.783. The summed E-state index contributed by atoms with van der Waals surface area (Å²) in [6, 6.07) is 3.99. The van der Waals surface area contributed by atoms with Gasteiger partial charge in [-0.1, -0.05) is 6.92 Å². The van der Waals surface area contributed by atoms with E-state index in [0.717, 1.165) is 33.1 Å². The molecule has 0 saturated carbocycles. The molecule has 2 heterocycles. The van der Waals surface area contributed by atoms with Crippen LogP contribution in [0.15, 0.2) is 22.0 Å². The van der Waals surface area contributed by atoms with Crippen molar-refractivity contribution in [3.05, 3.63) is 27.7 Å². The Kier molecular flexibility index (Phi) is 3.56. The number of thiophene rings is 1. The number of nitrogens with zero attached hydrogens (tertiary/aromatic N) is 2. The molecule has 2 aromatic rings. The molecule has 0 amide bonds. The lowest BCUT2D eigenvalue weighted by atomic mass is 10.3. The van der Waals surface area contributed by atoms with Crippen LogP contribution < -0.4 is 5.32 Å². The quantitative estimate of drug-likeness (QED) is 0.941. The number of hydrogen-bond donors (Lipinski definition) is 1. The Morgan fingerprint density at radius 1 is 1.44 bits per heavy atom. The van der Waals surface area contributed by atoms with Crippen LogP contribution in [0.1, 0.15) is 12.6 Å². The summed E-state index contributed by atoms with van der Waals surface area (Å²) in [6.45, 7) is 2.09. The molecular weight excluding hydrogens is 286 g/mol. The van der Waals surface area contributed by atoms with Crippen molar-refractivity contribution in [2.24, 2.45) is 0 Å². The minimum absolute atomic E-state index is 0.783. The van der Waals surface area contributed by atoms with E-state index in [1.807, 2.05) is 24.6 Å². The first kappa shape index (κ1) is 11.5. The second-order valence-electron chi connectivity index (χ2n) is 3.27. The average Bonchev–Trinajstić information content (AvgIpc) is 2.74. The first-order valence-corrected chi connectivity index (χ1v) is 6.71. The molecule has 2 rings (SSSR count). The van der Waals surface area contributed by atoms with Gasteiger partial charge in [-0.2, -0.15) is 0 Å². The van der Waals surface area contributed by atoms with E-state index in [-0.39, 0.29) is 0 Å². The SMILES string of the molecule is CCc1cc(NC)nc(-c2sccc2Br)n1. The third-order valence-corrected chi connectivity index (χ3v) is 4.05. The van der Waals surface area contributed by atoms with Crippen LogP contribution in [0.25, 0.3) is 10.7 Å². The second kappa shape index (κ2) is 4.93. The van der Waals surface area contributed by atoms with Crippen molar-refractivity contribution in [1.29, 1.82) is 0 Å². The van der Waals surface area contributed by atoms with Crippen molar-refractivity contribution in [3.8, 4) is 10.7 Å². The fourth-order valence-electron chi connectivity index (χ4n) is 1.36. The van der Waals surface area contributed by atoms with Gasteiger partial charge in [0.25, 0.3) is 0 Å². The van der Waals surface area contributed by atoms with Gasteiger partial charge in [0.1, 0.15) is 5.82 Å². The smallest absolute Gasteiger partial charge is 0.173 e. The summed E-state index contributed by atoms with van der Waals surface area (Å²) in [5.74, 6) is 1.65. The first-order chi connectivity index (χ1) is 7.74. The fourth-order valence-corrected chi connectivity index (χ4v) is 2.84. The summed E-state index contributed by atoms with van der Waals surface area (Å²) in [5, 5.41) is 5.09. The highest BCUT2D eigenvalue weighted by molar-refractivity contribution is 9.10. The van der Waals surface area contributed by atoms with Crippen LogP contribution in [0, 0.1) is 0 Å². The zero-order valence-electron chi connectivity index (χ0n) is 9.12. The molecule has 0 spiro atoms. The third kappa shape index (κ3) is 2.25. The second-order valence-corrected chi connectivity index (χ2v) is 5.04. The van der Waals surface area contributed by atoms with Gasteiger partial charge in [0.2, 0.25) is 0 Å². The number of halogens is 1. The maximum absolute atomic E-state index is 4.53. The summed E-state index contributed by atoms with van der Waals surface area (Å²) in [5.41, 5.74) is 1.05. The number of nitrogens with one attached hydrogen (secondary N) is 1. The fraction of sp³-hybridized carbons (Fsp3) is 0.273. The lowest BCUT2D eigenvalue weighted by Gasteiger charge is -2.05. The van der Waals surface area contributed by atoms with E-state index in [9.17, 15) is 0 Å². The Morgan fingerprint density at radius 2 is 2.25 bits per heavy atom. The van der Waals surface area contributed by atoms with Crippen LogP contribution in [0.3, 0.4) is 0 Å². The Balaban J connectivity index is 2.52. The van der Waals surface area contributed by atoms with Crippen LogP contribution in [0.4, 0.5) is 5.82 Å². The summed E-state index contributed by atoms with van der Waals surface area (Å²) in [7, 11) is 1.87. The van der Waals surface area contributed by atoms with Gasteiger partial charge in [-0.3, -0.25) is 0 Å². The van der Waals surface area contributed by atoms with Crippen LogP contribution >= 0.6 is 27.3 Å². The summed E-state index contributed by atoms with van der Waals surface area (Å²) in [6.07, 6.45) is 0.910. The molecule has 0 aliphatic rings. The monoisotopic (exact) mass is 297 g/mol. The third-order valence-electron chi connectivity index (χ3n) is 2.22. The molecule has 16 heavy (non-hydrogen) atoms. The van der Waals surface area contributed by atoms with Gasteiger partial charge in [0.05, 0.1) is 4.88 Å². The molecule has 0 aliphatic carbocycles. The van der Waals surface area contributed by atoms with E-state index in [2.05, 4.69) is 38.1 Å². The van der Waals surface area contributed by atoms with E-state index in [4.69, 9.17) is 0 Å². The zero-order chi connectivity index (χ0) is 11.5. The molecule has 0 aliphatic heterocycles. The van der Waals surface area contributed by atoms with E-state index >= 15 is 0 Å². The van der Waals surface area contributed by atoms with Crippen molar-refractivity contribution < 1.29 is 0 Å². The first-order valence-electron chi connectivity index (χ1n) is 5.03. The predicted octanol–water partition coefficient (Wildman–Crippen LogP) is 3.57. The van der Waals surface area contributed by atoms with E-state index in [0.29, 0.717) is 0 Å². The number of aryl methyl sites for hydroxylation is 1. The highest BCUT2D eigenvalue weighted by Crippen LogP contribution is 2.31.